The maximum Gasteiger partial charge on any atom is 0.240 e. The fourth-order valence-electron chi connectivity index (χ4n) is 2.78. The summed E-state index contributed by atoms with van der Waals surface area (Å²) in [6.45, 7) is 5.18. The second kappa shape index (κ2) is 7.31. The van der Waals surface area contributed by atoms with Gasteiger partial charge >= 0.3 is 0 Å². The number of carbonyl (C=O) groups is 1. The van der Waals surface area contributed by atoms with E-state index >= 15 is 0 Å². The number of likely N-dealkylation sites (tertiary alicyclic amines) is 1. The van der Waals surface area contributed by atoms with Crippen molar-refractivity contribution >= 4 is 15.9 Å². The molecular weight excluding hydrogens is 316 g/mol. The topological polar surface area (TPSA) is 75.7 Å². The molecule has 0 unspecified atom stereocenters. The van der Waals surface area contributed by atoms with Crippen molar-refractivity contribution in [1.29, 1.82) is 0 Å². The Morgan fingerprint density at radius 2 is 2.00 bits per heavy atom. The first-order chi connectivity index (χ1) is 10.8. The van der Waals surface area contributed by atoms with Crippen molar-refractivity contribution in [2.75, 3.05) is 26.7 Å². The van der Waals surface area contributed by atoms with Crippen molar-refractivity contribution in [3.05, 3.63) is 23.8 Å². The number of aryl methyl sites for hydroxylation is 1. The van der Waals surface area contributed by atoms with Crippen LogP contribution in [0.4, 0.5) is 0 Å². The average Bonchev–Trinajstić information content (AvgIpc) is 2.53. The van der Waals surface area contributed by atoms with Gasteiger partial charge in [0, 0.05) is 26.6 Å². The molecule has 1 amide bonds. The maximum absolute atomic E-state index is 12.4. The highest BCUT2D eigenvalue weighted by Crippen LogP contribution is 2.22. The number of nitrogens with zero attached hydrogens (tertiary/aromatic N) is 1. The number of carbonyl (C=O) groups excluding carboxylic acids is 1. The van der Waals surface area contributed by atoms with E-state index in [4.69, 9.17) is 4.74 Å². The summed E-state index contributed by atoms with van der Waals surface area (Å²) >= 11 is 0. The lowest BCUT2D eigenvalue weighted by Crippen LogP contribution is -2.40. The Morgan fingerprint density at radius 3 is 2.52 bits per heavy atom. The summed E-state index contributed by atoms with van der Waals surface area (Å²) in [6.07, 6.45) is 1.65. The van der Waals surface area contributed by atoms with Crippen molar-refractivity contribution in [3.63, 3.8) is 0 Å². The summed E-state index contributed by atoms with van der Waals surface area (Å²) in [5.41, 5.74) is 0.783. The summed E-state index contributed by atoms with van der Waals surface area (Å²) < 4.78 is 32.6. The van der Waals surface area contributed by atoms with Crippen LogP contribution in [0.3, 0.4) is 0 Å². The van der Waals surface area contributed by atoms with Gasteiger partial charge in [-0.1, -0.05) is 0 Å². The number of nitrogens with one attached hydrogen (secondary N) is 1. The van der Waals surface area contributed by atoms with Crippen LogP contribution >= 0.6 is 0 Å². The van der Waals surface area contributed by atoms with Gasteiger partial charge in [-0.3, -0.25) is 4.79 Å². The molecule has 1 saturated heterocycles. The molecule has 0 spiro atoms. The Hall–Kier alpha value is -1.60. The third kappa shape index (κ3) is 4.45. The number of methoxy groups -OCH3 is 1. The molecule has 128 valence electrons. The molecule has 0 saturated carbocycles. The van der Waals surface area contributed by atoms with Gasteiger partial charge in [-0.05, 0) is 49.4 Å². The summed E-state index contributed by atoms with van der Waals surface area (Å²) in [5.74, 6) is 1.01. The minimum Gasteiger partial charge on any atom is -0.496 e. The van der Waals surface area contributed by atoms with Gasteiger partial charge in [-0.25, -0.2) is 13.1 Å². The Balaban J connectivity index is 1.94. The number of piperidine rings is 1. The Bertz CT molecular complexity index is 665. The number of hydrogen-bond acceptors (Lipinski definition) is 4. The second-order valence-electron chi connectivity index (χ2n) is 5.93. The molecule has 1 fully saturated rings. The van der Waals surface area contributed by atoms with Gasteiger partial charge in [-0.15, -0.1) is 0 Å². The van der Waals surface area contributed by atoms with Crippen LogP contribution in [-0.4, -0.2) is 46.0 Å². The van der Waals surface area contributed by atoms with Crippen molar-refractivity contribution in [2.45, 2.75) is 31.6 Å². The third-order valence-corrected chi connectivity index (χ3v) is 5.72. The molecule has 0 bridgehead atoms. The lowest BCUT2D eigenvalue weighted by atomic mass is 9.97. The van der Waals surface area contributed by atoms with Gasteiger partial charge < -0.3 is 9.64 Å². The molecule has 23 heavy (non-hydrogen) atoms. The molecule has 1 aliphatic heterocycles. The summed E-state index contributed by atoms with van der Waals surface area (Å²) in [5, 5.41) is 0. The zero-order chi connectivity index (χ0) is 17.0. The van der Waals surface area contributed by atoms with E-state index < -0.39 is 10.0 Å². The van der Waals surface area contributed by atoms with E-state index in [-0.39, 0.29) is 16.7 Å². The minimum atomic E-state index is -3.52. The highest BCUT2D eigenvalue weighted by Gasteiger charge is 2.23. The number of ether oxygens (including phenoxy) is 1. The quantitative estimate of drug-likeness (QED) is 0.882. The molecule has 1 aromatic carbocycles. The second-order valence-corrected chi connectivity index (χ2v) is 7.70. The number of benzene rings is 1. The molecule has 6 nitrogen and oxygen atoms in total. The first-order valence-corrected chi connectivity index (χ1v) is 9.21. The van der Waals surface area contributed by atoms with Crippen molar-refractivity contribution in [1.82, 2.24) is 9.62 Å². The molecule has 1 N–H and O–H groups in total. The van der Waals surface area contributed by atoms with Gasteiger partial charge in [0.05, 0.1) is 12.0 Å². The maximum atomic E-state index is 12.4. The summed E-state index contributed by atoms with van der Waals surface area (Å²) in [6, 6.07) is 4.82. The van der Waals surface area contributed by atoms with Gasteiger partial charge in [0.2, 0.25) is 15.9 Å². The molecule has 2 rings (SSSR count). The molecule has 1 aliphatic rings. The molecule has 0 radical (unpaired) electrons. The minimum absolute atomic E-state index is 0.0812. The monoisotopic (exact) mass is 340 g/mol. The van der Waals surface area contributed by atoms with Gasteiger partial charge in [0.15, 0.2) is 0 Å². The highest BCUT2D eigenvalue weighted by molar-refractivity contribution is 7.89. The van der Waals surface area contributed by atoms with Gasteiger partial charge in [0.25, 0.3) is 0 Å². The number of amides is 1. The lowest BCUT2D eigenvalue weighted by Gasteiger charge is -2.31. The lowest BCUT2D eigenvalue weighted by molar-refractivity contribution is -0.130. The number of sulfonamides is 1. The summed E-state index contributed by atoms with van der Waals surface area (Å²) in [7, 11) is -1.97. The van der Waals surface area contributed by atoms with Crippen LogP contribution in [-0.2, 0) is 14.8 Å². The van der Waals surface area contributed by atoms with Crippen LogP contribution in [0.15, 0.2) is 23.1 Å². The van der Waals surface area contributed by atoms with E-state index in [0.29, 0.717) is 25.4 Å². The van der Waals surface area contributed by atoms with Crippen LogP contribution in [0, 0.1) is 12.8 Å². The predicted octanol–water partition coefficient (Wildman–Crippen LogP) is 1.54. The van der Waals surface area contributed by atoms with Crippen molar-refractivity contribution in [3.8, 4) is 5.75 Å². The third-order valence-electron chi connectivity index (χ3n) is 4.30. The van der Waals surface area contributed by atoms with Crippen LogP contribution < -0.4 is 9.46 Å². The van der Waals surface area contributed by atoms with E-state index in [2.05, 4.69) is 4.72 Å². The smallest absolute Gasteiger partial charge is 0.240 e. The molecule has 7 heteroatoms. The largest absolute Gasteiger partial charge is 0.496 e. The van der Waals surface area contributed by atoms with Crippen LogP contribution in [0.2, 0.25) is 0 Å². The zero-order valence-electron chi connectivity index (χ0n) is 13.8. The van der Waals surface area contributed by atoms with E-state index in [1.165, 1.54) is 0 Å². The van der Waals surface area contributed by atoms with Crippen LogP contribution in [0.25, 0.3) is 0 Å². The van der Waals surface area contributed by atoms with Gasteiger partial charge in [-0.2, -0.15) is 0 Å². The van der Waals surface area contributed by atoms with Crippen molar-refractivity contribution < 1.29 is 17.9 Å². The number of hydrogen-bond donors (Lipinski definition) is 1. The van der Waals surface area contributed by atoms with E-state index in [1.54, 1.807) is 37.1 Å². The molecule has 0 aromatic heterocycles. The zero-order valence-corrected chi connectivity index (χ0v) is 14.6. The van der Waals surface area contributed by atoms with Gasteiger partial charge in [0.1, 0.15) is 5.75 Å². The normalized spacial score (nSPS) is 16.4. The van der Waals surface area contributed by atoms with E-state index in [1.807, 2.05) is 6.92 Å². The molecule has 1 heterocycles. The molecule has 1 aromatic rings. The van der Waals surface area contributed by atoms with E-state index in [0.717, 1.165) is 18.4 Å². The Labute approximate surface area is 137 Å². The summed E-state index contributed by atoms with van der Waals surface area (Å²) in [4.78, 5) is 13.3. The van der Waals surface area contributed by atoms with Crippen LogP contribution in [0.1, 0.15) is 25.3 Å². The first kappa shape index (κ1) is 17.7. The SMILES string of the molecule is COc1ccc(S(=O)(=O)NCC2CCN(C(C)=O)CC2)cc1C. The Morgan fingerprint density at radius 1 is 1.35 bits per heavy atom. The number of rotatable bonds is 5. The molecule has 0 atom stereocenters. The fraction of sp³-hybridized carbons (Fsp3) is 0.562. The van der Waals surface area contributed by atoms with E-state index in [9.17, 15) is 13.2 Å². The highest BCUT2D eigenvalue weighted by atomic mass is 32.2. The standard InChI is InChI=1S/C16H24N2O4S/c1-12-10-15(4-5-16(12)22-3)23(20,21)17-11-14-6-8-18(9-7-14)13(2)19/h4-5,10,14,17H,6-9,11H2,1-3H3. The Kier molecular flexibility index (Phi) is 5.64. The average molecular weight is 340 g/mol. The van der Waals surface area contributed by atoms with Crippen LogP contribution in [0.5, 0.6) is 5.75 Å². The fourth-order valence-corrected chi connectivity index (χ4v) is 3.98. The molecule has 0 aliphatic carbocycles. The first-order valence-electron chi connectivity index (χ1n) is 7.73. The van der Waals surface area contributed by atoms with Crippen molar-refractivity contribution in [2.24, 2.45) is 5.92 Å². The molecular formula is C16H24N2O4S. The predicted molar refractivity (Wildman–Crippen MR) is 87.9 cm³/mol.